The number of carbonyl (C=O) groups is 2. The maximum Gasteiger partial charge on any atom is 0.300 e. The molecule has 0 aliphatic carbocycles. The van der Waals surface area contributed by atoms with Crippen LogP contribution in [-0.4, -0.2) is 66.3 Å². The Morgan fingerprint density at radius 3 is 2.48 bits per heavy atom. The molecule has 150 valence electrons. The number of nitrogens with two attached hydrogens (primary N) is 1. The third kappa shape index (κ3) is 7.07. The van der Waals surface area contributed by atoms with Crippen molar-refractivity contribution in [3.8, 4) is 0 Å². The van der Waals surface area contributed by atoms with Crippen molar-refractivity contribution in [3.05, 3.63) is 22.1 Å². The number of aromatic amines is 2. The van der Waals surface area contributed by atoms with E-state index in [0.29, 0.717) is 17.6 Å². The fourth-order valence-corrected chi connectivity index (χ4v) is 2.73. The normalized spacial score (nSPS) is 16.2. The van der Waals surface area contributed by atoms with E-state index in [2.05, 4.69) is 19.9 Å². The van der Waals surface area contributed by atoms with Crippen molar-refractivity contribution in [2.45, 2.75) is 39.3 Å². The second-order valence-corrected chi connectivity index (χ2v) is 5.98. The van der Waals surface area contributed by atoms with Crippen molar-refractivity contribution < 1.29 is 24.9 Å². The molecular weight excluding hydrogens is 358 g/mol. The summed E-state index contributed by atoms with van der Waals surface area (Å²) >= 11 is 0. The Bertz CT molecular complexity index is 810. The second kappa shape index (κ2) is 10.3. The van der Waals surface area contributed by atoms with Crippen LogP contribution in [0, 0.1) is 0 Å². The Balaban J connectivity index is 0.000000390. The fraction of sp³-hybridized carbons (Fsp3) is 0.500. The van der Waals surface area contributed by atoms with Crippen LogP contribution in [0.15, 0.2) is 11.0 Å². The molecule has 0 radical (unpaired) electrons. The van der Waals surface area contributed by atoms with E-state index in [1.807, 2.05) is 0 Å². The van der Waals surface area contributed by atoms with Crippen molar-refractivity contribution in [3.63, 3.8) is 0 Å². The van der Waals surface area contributed by atoms with E-state index in [0.717, 1.165) is 38.8 Å². The van der Waals surface area contributed by atoms with Gasteiger partial charge in [0.05, 0.1) is 6.61 Å². The number of hydrogen-bond donors (Lipinski definition) is 6. The first kappa shape index (κ1) is 22.1. The molecule has 27 heavy (non-hydrogen) atoms. The number of anilines is 1. The Kier molecular flexibility index (Phi) is 8.42. The number of aliphatic hydroxyl groups excluding tert-OH is 1. The summed E-state index contributed by atoms with van der Waals surface area (Å²) in [4.78, 5) is 41.5. The largest absolute Gasteiger partial charge is 0.481 e. The average molecular weight is 383 g/mol. The number of carboxylic acids is 2. The van der Waals surface area contributed by atoms with Crippen LogP contribution in [0.5, 0.6) is 0 Å². The average Bonchev–Trinajstić information content (AvgIpc) is 3.14. The lowest BCUT2D eigenvalue weighted by Gasteiger charge is -2.21. The number of nitrogen functional groups attached to an aromatic ring is 1. The van der Waals surface area contributed by atoms with Gasteiger partial charge in [-0.25, -0.2) is 4.98 Å². The Morgan fingerprint density at radius 1 is 1.33 bits per heavy atom. The molecule has 3 heterocycles. The number of fused-ring (bicyclic) bond motifs is 1. The summed E-state index contributed by atoms with van der Waals surface area (Å²) < 4.78 is 0. The molecule has 0 amide bonds. The van der Waals surface area contributed by atoms with E-state index < -0.39 is 11.9 Å². The molecule has 1 aliphatic heterocycles. The van der Waals surface area contributed by atoms with Gasteiger partial charge in [0, 0.05) is 38.2 Å². The quantitative estimate of drug-likeness (QED) is 0.423. The Labute approximate surface area is 154 Å². The number of likely N-dealkylation sites (tertiary alicyclic amines) is 1. The highest BCUT2D eigenvalue weighted by molar-refractivity contribution is 5.78. The van der Waals surface area contributed by atoms with Gasteiger partial charge in [-0.2, -0.15) is 0 Å². The monoisotopic (exact) mass is 383 g/mol. The minimum absolute atomic E-state index is 0.124. The topological polar surface area (TPSA) is 186 Å². The molecule has 2 aromatic rings. The van der Waals surface area contributed by atoms with Crippen LogP contribution in [0.3, 0.4) is 0 Å². The summed E-state index contributed by atoms with van der Waals surface area (Å²) in [6.07, 6.45) is 3.89. The minimum atomic E-state index is -0.833. The van der Waals surface area contributed by atoms with E-state index in [1.165, 1.54) is 0 Å². The van der Waals surface area contributed by atoms with E-state index in [9.17, 15) is 9.90 Å². The van der Waals surface area contributed by atoms with Gasteiger partial charge in [0.25, 0.3) is 17.5 Å². The Hall–Kier alpha value is -2.92. The van der Waals surface area contributed by atoms with Crippen LogP contribution < -0.4 is 11.3 Å². The van der Waals surface area contributed by atoms with Crippen molar-refractivity contribution in [1.29, 1.82) is 0 Å². The SMILES string of the molecule is CC(=O)O.CC(=O)O.Nc1nc2c(CN3CCC[C@@H]3CO)c[nH]c2c(=O)[nH]1. The van der Waals surface area contributed by atoms with Gasteiger partial charge in [-0.3, -0.25) is 24.3 Å². The highest BCUT2D eigenvalue weighted by Gasteiger charge is 2.24. The molecule has 7 N–H and O–H groups in total. The fourth-order valence-electron chi connectivity index (χ4n) is 2.73. The van der Waals surface area contributed by atoms with Gasteiger partial charge in [-0.05, 0) is 19.4 Å². The zero-order chi connectivity index (χ0) is 20.6. The summed E-state index contributed by atoms with van der Waals surface area (Å²) in [7, 11) is 0. The van der Waals surface area contributed by atoms with Crippen LogP contribution in [0.25, 0.3) is 11.0 Å². The molecule has 11 heteroatoms. The second-order valence-electron chi connectivity index (χ2n) is 5.98. The van der Waals surface area contributed by atoms with Crippen LogP contribution in [0.2, 0.25) is 0 Å². The van der Waals surface area contributed by atoms with Crippen molar-refractivity contribution in [2.75, 3.05) is 18.9 Å². The highest BCUT2D eigenvalue weighted by atomic mass is 16.4. The predicted molar refractivity (Wildman–Crippen MR) is 98.3 cm³/mol. The molecular formula is C16H25N5O6. The molecule has 0 unspecified atom stereocenters. The highest BCUT2D eigenvalue weighted by Crippen LogP contribution is 2.22. The smallest absolute Gasteiger partial charge is 0.300 e. The molecule has 0 saturated carbocycles. The number of nitrogens with one attached hydrogen (secondary N) is 2. The van der Waals surface area contributed by atoms with Crippen LogP contribution >= 0.6 is 0 Å². The zero-order valence-electron chi connectivity index (χ0n) is 15.2. The molecule has 3 rings (SSSR count). The van der Waals surface area contributed by atoms with Crippen LogP contribution in [0.1, 0.15) is 32.3 Å². The molecule has 1 saturated heterocycles. The molecule has 0 spiro atoms. The lowest BCUT2D eigenvalue weighted by Crippen LogP contribution is -2.31. The van der Waals surface area contributed by atoms with Crippen LogP contribution in [0.4, 0.5) is 5.95 Å². The number of aliphatic carboxylic acids is 2. The Morgan fingerprint density at radius 2 is 1.93 bits per heavy atom. The summed E-state index contributed by atoms with van der Waals surface area (Å²) in [5.41, 5.74) is 7.33. The third-order valence-electron chi connectivity index (χ3n) is 3.72. The summed E-state index contributed by atoms with van der Waals surface area (Å²) in [6.45, 7) is 3.95. The van der Waals surface area contributed by atoms with Gasteiger partial charge >= 0.3 is 0 Å². The van der Waals surface area contributed by atoms with Gasteiger partial charge < -0.3 is 26.0 Å². The maximum absolute atomic E-state index is 11.7. The van der Waals surface area contributed by atoms with Gasteiger partial charge in [-0.15, -0.1) is 0 Å². The molecule has 0 aromatic carbocycles. The minimum Gasteiger partial charge on any atom is -0.481 e. The van der Waals surface area contributed by atoms with Crippen molar-refractivity contribution >= 4 is 28.9 Å². The first-order chi connectivity index (χ1) is 12.6. The standard InChI is InChI=1S/C12H17N5O2.2C2H4O2/c13-12-15-9-7(4-14-10(9)11(19)16-12)5-17-3-1-2-8(17)6-18;2*1-2(3)4/h4,8,14,18H,1-3,5-6H2,(H3,13,15,16,19);2*1H3,(H,3,4)/t8-;;/m1../s1. The van der Waals surface area contributed by atoms with E-state index in [4.69, 9.17) is 25.5 Å². The number of aliphatic hydroxyl groups is 1. The zero-order valence-corrected chi connectivity index (χ0v) is 15.2. The number of nitrogens with zero attached hydrogens (tertiary/aromatic N) is 2. The lowest BCUT2D eigenvalue weighted by atomic mass is 10.2. The van der Waals surface area contributed by atoms with Crippen molar-refractivity contribution in [1.82, 2.24) is 19.9 Å². The molecule has 2 aromatic heterocycles. The third-order valence-corrected chi connectivity index (χ3v) is 3.72. The maximum atomic E-state index is 11.7. The van der Waals surface area contributed by atoms with Gasteiger partial charge in [0.1, 0.15) is 11.0 Å². The summed E-state index contributed by atoms with van der Waals surface area (Å²) in [6, 6.07) is 0.198. The van der Waals surface area contributed by atoms with E-state index in [1.54, 1.807) is 6.20 Å². The van der Waals surface area contributed by atoms with Gasteiger partial charge in [0.15, 0.2) is 0 Å². The molecule has 1 aliphatic rings. The van der Waals surface area contributed by atoms with E-state index in [-0.39, 0.29) is 24.2 Å². The number of hydrogen-bond acceptors (Lipinski definition) is 7. The van der Waals surface area contributed by atoms with Crippen LogP contribution in [-0.2, 0) is 16.1 Å². The van der Waals surface area contributed by atoms with Gasteiger partial charge in [0.2, 0.25) is 5.95 Å². The van der Waals surface area contributed by atoms with Crippen molar-refractivity contribution in [2.24, 2.45) is 0 Å². The first-order valence-corrected chi connectivity index (χ1v) is 8.25. The molecule has 0 bridgehead atoms. The first-order valence-electron chi connectivity index (χ1n) is 8.25. The summed E-state index contributed by atoms with van der Waals surface area (Å²) in [5, 5.41) is 24.2. The molecule has 1 fully saturated rings. The molecule has 11 nitrogen and oxygen atoms in total. The molecule has 1 atom stereocenters. The van der Waals surface area contributed by atoms with Gasteiger partial charge in [-0.1, -0.05) is 0 Å². The number of carboxylic acid groups (broad SMARTS) is 2. The number of H-pyrrole nitrogens is 2. The number of aromatic nitrogens is 3. The summed E-state index contributed by atoms with van der Waals surface area (Å²) in [5.74, 6) is -1.54. The number of rotatable bonds is 3. The van der Waals surface area contributed by atoms with E-state index >= 15 is 0 Å². The lowest BCUT2D eigenvalue weighted by molar-refractivity contribution is -0.135. The predicted octanol–water partition coefficient (Wildman–Crippen LogP) is -0.0281.